The zero-order valence-electron chi connectivity index (χ0n) is 18.4. The fourth-order valence-electron chi connectivity index (χ4n) is 5.98. The van der Waals surface area contributed by atoms with E-state index in [1.807, 2.05) is 0 Å². The molecule has 0 N–H and O–H groups in total. The van der Waals surface area contributed by atoms with Crippen LogP contribution in [0.15, 0.2) is 84.9 Å². The number of halogens is 2. The van der Waals surface area contributed by atoms with Gasteiger partial charge >= 0.3 is 182 Å². The molecule has 4 aromatic carbocycles. The van der Waals surface area contributed by atoms with E-state index in [1.165, 1.54) is 32.7 Å². The minimum atomic E-state index is -3.47. The molecule has 0 heterocycles. The van der Waals surface area contributed by atoms with Crippen LogP contribution in [0.2, 0.25) is 9.36 Å². The second-order valence-corrected chi connectivity index (χ2v) is 54.0. The first kappa shape index (κ1) is 23.7. The van der Waals surface area contributed by atoms with Crippen molar-refractivity contribution in [3.05, 3.63) is 107 Å². The number of fused-ring (bicyclic) bond motifs is 6. The van der Waals surface area contributed by atoms with E-state index in [1.54, 1.807) is 11.1 Å². The molecule has 2 aliphatic carbocycles. The zero-order chi connectivity index (χ0) is 20.5. The van der Waals surface area contributed by atoms with Crippen LogP contribution < -0.4 is 0 Å². The van der Waals surface area contributed by atoms with Gasteiger partial charge in [0.25, 0.3) is 0 Å². The molecule has 0 spiro atoms. The summed E-state index contributed by atoms with van der Waals surface area (Å²) < 4.78 is 6.54. The molecule has 0 bridgehead atoms. The summed E-state index contributed by atoms with van der Waals surface area (Å²) in [5.74, 6) is 0. The Balaban J connectivity index is 0.00000122. The Labute approximate surface area is 205 Å². The average molecular weight is 642 g/mol. The summed E-state index contributed by atoms with van der Waals surface area (Å²) in [5, 5.41) is 5.63. The maximum atomic E-state index is 2.70. The van der Waals surface area contributed by atoms with E-state index in [2.05, 4.69) is 113 Å². The fraction of sp³-hybridized carbons (Fsp3) is 0.143. The molecule has 2 aliphatic rings. The monoisotopic (exact) mass is 642 g/mol. The molecular formula is C28H28Cl2HfSi. The third-order valence-electron chi connectivity index (χ3n) is 7.61. The van der Waals surface area contributed by atoms with Crippen LogP contribution in [-0.4, -0.2) is 6.94 Å². The predicted octanol–water partition coefficient (Wildman–Crippen LogP) is 8.01. The molecule has 0 aromatic heterocycles. The topological polar surface area (TPSA) is 0 Å². The van der Waals surface area contributed by atoms with Crippen LogP contribution in [-0.2, 0) is 17.1 Å². The van der Waals surface area contributed by atoms with Crippen molar-refractivity contribution in [2.24, 2.45) is 0 Å². The van der Waals surface area contributed by atoms with Crippen LogP contribution in [0, 0.1) is 0 Å². The van der Waals surface area contributed by atoms with Gasteiger partial charge in [0.1, 0.15) is 0 Å². The molecule has 0 saturated heterocycles. The molecule has 0 fully saturated rings. The van der Waals surface area contributed by atoms with Gasteiger partial charge in [-0.3, -0.25) is 0 Å². The van der Waals surface area contributed by atoms with Gasteiger partial charge in [-0.1, -0.05) is 0 Å². The van der Waals surface area contributed by atoms with Crippen molar-refractivity contribution in [3.8, 4) is 0 Å². The Hall–Kier alpha value is -1.45. The Morgan fingerprint density at radius 1 is 0.594 bits per heavy atom. The third-order valence-corrected chi connectivity index (χ3v) is 32.9. The third kappa shape index (κ3) is 3.34. The second kappa shape index (κ2) is 8.09. The van der Waals surface area contributed by atoms with Crippen LogP contribution >= 0.6 is 24.8 Å². The Morgan fingerprint density at radius 3 is 1.44 bits per heavy atom. The minimum absolute atomic E-state index is 0. The number of rotatable bonds is 2. The van der Waals surface area contributed by atoms with Gasteiger partial charge in [0, 0.05) is 0 Å². The van der Waals surface area contributed by atoms with Crippen LogP contribution in [0.4, 0.5) is 0 Å². The van der Waals surface area contributed by atoms with Crippen molar-refractivity contribution in [1.82, 2.24) is 0 Å². The van der Waals surface area contributed by atoms with E-state index < -0.39 is 17.1 Å². The van der Waals surface area contributed by atoms with Crippen molar-refractivity contribution in [3.63, 3.8) is 0 Å². The Bertz CT molecular complexity index is 1390. The van der Waals surface area contributed by atoms with Crippen molar-refractivity contribution in [2.45, 2.75) is 16.7 Å². The van der Waals surface area contributed by atoms with Gasteiger partial charge in [0.15, 0.2) is 0 Å². The summed E-state index contributed by atoms with van der Waals surface area (Å²) >= 11 is -3.47. The Kier molecular flexibility index (Phi) is 5.99. The van der Waals surface area contributed by atoms with E-state index in [4.69, 9.17) is 0 Å². The standard InChI is InChI=1S/2C13H9.2CH3.2ClH.Hf.H2Si/c2*1-2-6-12-10(4-1)8-9-11-5-3-7-13(11)12;;;;;;/h2*1-9H;2*1H3;2*1H;;1H2. The van der Waals surface area contributed by atoms with Gasteiger partial charge in [-0.2, -0.15) is 0 Å². The van der Waals surface area contributed by atoms with Crippen LogP contribution in [0.1, 0.15) is 29.6 Å². The molecule has 162 valence electrons. The summed E-state index contributed by atoms with van der Waals surface area (Å²) in [6.45, 7) is 2.41. The van der Waals surface area contributed by atoms with Gasteiger partial charge in [-0.15, -0.1) is 24.8 Å². The SMILES string of the molecule is Cl.Cl.[CH3][Hf]([CH3])(=[SiH2])([CH]1C=Cc2ccc3ccccc3c21)[CH]1C=Cc2ccc3ccccc3c21. The Morgan fingerprint density at radius 2 is 1.00 bits per heavy atom. The first-order chi connectivity index (χ1) is 14.4. The van der Waals surface area contributed by atoms with E-state index in [9.17, 15) is 0 Å². The molecule has 32 heavy (non-hydrogen) atoms. The molecule has 2 atom stereocenters. The average Bonchev–Trinajstić information content (AvgIpc) is 3.39. The summed E-state index contributed by atoms with van der Waals surface area (Å²) in [5.41, 5.74) is 6.03. The molecule has 4 heteroatoms. The first-order valence-corrected chi connectivity index (χ1v) is 30.6. The van der Waals surface area contributed by atoms with Gasteiger partial charge in [-0.05, 0) is 0 Å². The molecule has 0 saturated carbocycles. The van der Waals surface area contributed by atoms with E-state index in [0.29, 0.717) is 7.35 Å². The number of hydrogen-bond donors (Lipinski definition) is 0. The number of allylic oxidation sites excluding steroid dienone is 2. The van der Waals surface area contributed by atoms with Crippen LogP contribution in [0.3, 0.4) is 0 Å². The van der Waals surface area contributed by atoms with E-state index >= 15 is 0 Å². The molecule has 0 radical (unpaired) electrons. The van der Waals surface area contributed by atoms with Gasteiger partial charge in [-0.25, -0.2) is 0 Å². The first-order valence-electron chi connectivity index (χ1n) is 10.9. The van der Waals surface area contributed by atoms with Crippen molar-refractivity contribution in [1.29, 1.82) is 0 Å². The van der Waals surface area contributed by atoms with Gasteiger partial charge in [0.05, 0.1) is 0 Å². The van der Waals surface area contributed by atoms with E-state index in [-0.39, 0.29) is 24.8 Å². The second-order valence-electron chi connectivity index (χ2n) is 10.2. The van der Waals surface area contributed by atoms with Crippen molar-refractivity contribution < 1.29 is 17.1 Å². The fourth-order valence-corrected chi connectivity index (χ4v) is 27.3. The molecule has 4 aromatic rings. The van der Waals surface area contributed by atoms with Crippen molar-refractivity contribution in [2.75, 3.05) is 0 Å². The number of benzene rings is 4. The number of hydrogen-bond acceptors (Lipinski definition) is 0. The maximum absolute atomic E-state index is 3.47. The molecule has 6 rings (SSSR count). The summed E-state index contributed by atoms with van der Waals surface area (Å²) in [7, 11) is 0. The summed E-state index contributed by atoms with van der Waals surface area (Å²) in [4.78, 5) is 0. The van der Waals surface area contributed by atoms with Crippen LogP contribution in [0.25, 0.3) is 33.7 Å². The predicted molar refractivity (Wildman–Crippen MR) is 146 cm³/mol. The molecule has 0 aliphatic heterocycles. The molecule has 2 unspecified atom stereocenters. The van der Waals surface area contributed by atoms with Gasteiger partial charge < -0.3 is 0 Å². The van der Waals surface area contributed by atoms with Crippen LogP contribution in [0.5, 0.6) is 0 Å². The normalized spacial score (nSPS) is 18.8. The van der Waals surface area contributed by atoms with Gasteiger partial charge in [0.2, 0.25) is 0 Å². The molecule has 0 amide bonds. The molecular weight excluding hydrogens is 614 g/mol. The summed E-state index contributed by atoms with van der Waals surface area (Å²) in [6.07, 6.45) is 9.89. The van der Waals surface area contributed by atoms with Crippen molar-refractivity contribution >= 4 is 65.5 Å². The summed E-state index contributed by atoms with van der Waals surface area (Å²) in [6, 6.07) is 27.1. The quantitative estimate of drug-likeness (QED) is 0.195. The molecule has 0 nitrogen and oxygen atoms in total. The van der Waals surface area contributed by atoms with E-state index in [0.717, 1.165) is 0 Å². The zero-order valence-corrected chi connectivity index (χ0v) is 25.1.